The molecule has 3 heteroatoms. The van der Waals surface area contributed by atoms with E-state index in [4.69, 9.17) is 4.74 Å². The molecule has 0 bridgehead atoms. The van der Waals surface area contributed by atoms with Gasteiger partial charge < -0.3 is 9.64 Å². The van der Waals surface area contributed by atoms with Crippen molar-refractivity contribution >= 4 is 5.97 Å². The van der Waals surface area contributed by atoms with Crippen LogP contribution in [0, 0.1) is 11.3 Å². The van der Waals surface area contributed by atoms with Gasteiger partial charge in [0, 0.05) is 0 Å². The lowest BCUT2D eigenvalue weighted by molar-refractivity contribution is -0.164. The fourth-order valence-electron chi connectivity index (χ4n) is 3.73. The quantitative estimate of drug-likeness (QED) is 0.724. The second-order valence-electron chi connectivity index (χ2n) is 6.01. The summed E-state index contributed by atoms with van der Waals surface area (Å²) >= 11 is 0. The van der Waals surface area contributed by atoms with Crippen LogP contribution in [-0.4, -0.2) is 37.6 Å². The van der Waals surface area contributed by atoms with Crippen molar-refractivity contribution in [2.24, 2.45) is 11.3 Å². The van der Waals surface area contributed by atoms with Crippen molar-refractivity contribution in [3.8, 4) is 0 Å². The lowest BCUT2D eigenvalue weighted by Gasteiger charge is -2.45. The van der Waals surface area contributed by atoms with Gasteiger partial charge in [-0.2, -0.15) is 0 Å². The summed E-state index contributed by atoms with van der Waals surface area (Å²) in [5, 5.41) is 0. The van der Waals surface area contributed by atoms with E-state index in [2.05, 4.69) is 11.9 Å². The third kappa shape index (κ3) is 2.71. The van der Waals surface area contributed by atoms with Crippen molar-refractivity contribution in [2.45, 2.75) is 51.9 Å². The molecular weight excluding hydrogens is 226 g/mol. The maximum atomic E-state index is 12.5. The number of likely N-dealkylation sites (tertiary alicyclic amines) is 1. The fourth-order valence-corrected chi connectivity index (χ4v) is 3.73. The number of piperidine rings is 1. The third-order valence-corrected chi connectivity index (χ3v) is 4.95. The molecule has 1 aliphatic heterocycles. The molecule has 0 aromatic heterocycles. The minimum Gasteiger partial charge on any atom is -0.466 e. The Kier molecular flexibility index (Phi) is 4.66. The van der Waals surface area contributed by atoms with Gasteiger partial charge >= 0.3 is 5.97 Å². The molecule has 2 fully saturated rings. The molecule has 0 unspecified atom stereocenters. The van der Waals surface area contributed by atoms with Crippen molar-refractivity contribution in [3.05, 3.63) is 0 Å². The zero-order valence-corrected chi connectivity index (χ0v) is 11.9. The predicted molar refractivity (Wildman–Crippen MR) is 72.4 cm³/mol. The minimum absolute atomic E-state index is 0.0880. The van der Waals surface area contributed by atoms with Gasteiger partial charge in [-0.3, -0.25) is 4.79 Å². The van der Waals surface area contributed by atoms with Crippen LogP contribution in [0.15, 0.2) is 0 Å². The van der Waals surface area contributed by atoms with E-state index in [1.165, 1.54) is 32.1 Å². The Morgan fingerprint density at radius 3 is 2.39 bits per heavy atom. The summed E-state index contributed by atoms with van der Waals surface area (Å²) in [6.45, 7) is 4.51. The molecule has 1 heterocycles. The van der Waals surface area contributed by atoms with Crippen molar-refractivity contribution in [3.63, 3.8) is 0 Å². The number of carbonyl (C=O) groups is 1. The Labute approximate surface area is 111 Å². The lowest BCUT2D eigenvalue weighted by Crippen LogP contribution is -2.48. The third-order valence-electron chi connectivity index (χ3n) is 4.95. The van der Waals surface area contributed by atoms with Crippen LogP contribution in [0.25, 0.3) is 0 Å². The van der Waals surface area contributed by atoms with Crippen molar-refractivity contribution < 1.29 is 9.53 Å². The van der Waals surface area contributed by atoms with E-state index in [1.54, 1.807) is 0 Å². The Morgan fingerprint density at radius 2 is 1.83 bits per heavy atom. The van der Waals surface area contributed by atoms with Crippen LogP contribution in [0.5, 0.6) is 0 Å². The second kappa shape index (κ2) is 6.05. The average molecular weight is 253 g/mol. The summed E-state index contributed by atoms with van der Waals surface area (Å²) in [6, 6.07) is 0. The molecule has 0 aromatic carbocycles. The minimum atomic E-state index is -0.164. The molecule has 18 heavy (non-hydrogen) atoms. The van der Waals surface area contributed by atoms with Crippen LogP contribution in [0.2, 0.25) is 0 Å². The predicted octanol–water partition coefficient (Wildman–Crippen LogP) is 2.84. The molecule has 2 aliphatic rings. The summed E-state index contributed by atoms with van der Waals surface area (Å²) < 4.78 is 5.42. The van der Waals surface area contributed by atoms with Gasteiger partial charge in [0.2, 0.25) is 0 Å². The number of nitrogens with zero attached hydrogens (tertiary/aromatic N) is 1. The van der Waals surface area contributed by atoms with E-state index in [-0.39, 0.29) is 11.4 Å². The van der Waals surface area contributed by atoms with Gasteiger partial charge in [0.1, 0.15) is 0 Å². The number of carbonyl (C=O) groups excluding carboxylic acids is 1. The Hall–Kier alpha value is -0.570. The molecule has 0 radical (unpaired) electrons. The first kappa shape index (κ1) is 13.9. The summed E-state index contributed by atoms with van der Waals surface area (Å²) in [4.78, 5) is 14.8. The molecule has 1 saturated carbocycles. The van der Waals surface area contributed by atoms with Gasteiger partial charge in [-0.25, -0.2) is 0 Å². The molecule has 2 rings (SSSR count). The highest BCUT2D eigenvalue weighted by Crippen LogP contribution is 2.46. The smallest absolute Gasteiger partial charge is 0.312 e. The number of hydrogen-bond donors (Lipinski definition) is 0. The standard InChI is InChI=1S/C15H27NO2/c1-3-18-14(17)15(9-11-16(2)12-10-15)13-7-5-4-6-8-13/h13H,3-12H2,1-2H3. The van der Waals surface area contributed by atoms with E-state index in [0.29, 0.717) is 12.5 Å². The Morgan fingerprint density at radius 1 is 1.22 bits per heavy atom. The lowest BCUT2D eigenvalue weighted by atomic mass is 9.64. The number of hydrogen-bond acceptors (Lipinski definition) is 3. The molecule has 3 nitrogen and oxygen atoms in total. The van der Waals surface area contributed by atoms with Crippen LogP contribution in [0.3, 0.4) is 0 Å². The van der Waals surface area contributed by atoms with Crippen LogP contribution >= 0.6 is 0 Å². The maximum absolute atomic E-state index is 12.5. The fraction of sp³-hybridized carbons (Fsp3) is 0.933. The molecule has 104 valence electrons. The Bertz CT molecular complexity index is 276. The zero-order chi connectivity index (χ0) is 13.0. The maximum Gasteiger partial charge on any atom is 0.312 e. The first-order valence-corrected chi connectivity index (χ1v) is 7.55. The van der Waals surface area contributed by atoms with Gasteiger partial charge in [-0.15, -0.1) is 0 Å². The number of esters is 1. The van der Waals surface area contributed by atoms with E-state index >= 15 is 0 Å². The average Bonchev–Trinajstić information content (AvgIpc) is 2.41. The normalized spacial score (nSPS) is 25.9. The molecule has 0 atom stereocenters. The Balaban J connectivity index is 2.13. The van der Waals surface area contributed by atoms with E-state index in [9.17, 15) is 4.79 Å². The summed E-state index contributed by atoms with van der Waals surface area (Å²) in [6.07, 6.45) is 8.36. The van der Waals surface area contributed by atoms with Crippen molar-refractivity contribution in [1.29, 1.82) is 0 Å². The zero-order valence-electron chi connectivity index (χ0n) is 11.9. The molecule has 1 aliphatic carbocycles. The van der Waals surface area contributed by atoms with Gasteiger partial charge in [0.25, 0.3) is 0 Å². The molecule has 0 N–H and O–H groups in total. The van der Waals surface area contributed by atoms with E-state index < -0.39 is 0 Å². The van der Waals surface area contributed by atoms with Gasteiger partial charge in [-0.05, 0) is 58.7 Å². The molecular formula is C15H27NO2. The van der Waals surface area contributed by atoms with Crippen LogP contribution < -0.4 is 0 Å². The van der Waals surface area contributed by atoms with Crippen molar-refractivity contribution in [2.75, 3.05) is 26.7 Å². The SMILES string of the molecule is CCOC(=O)C1(C2CCCCC2)CCN(C)CC1. The van der Waals surface area contributed by atoms with Crippen molar-refractivity contribution in [1.82, 2.24) is 4.90 Å². The number of rotatable bonds is 3. The van der Waals surface area contributed by atoms with Gasteiger partial charge in [-0.1, -0.05) is 19.3 Å². The monoisotopic (exact) mass is 253 g/mol. The highest BCUT2D eigenvalue weighted by atomic mass is 16.5. The second-order valence-corrected chi connectivity index (χ2v) is 6.01. The topological polar surface area (TPSA) is 29.5 Å². The molecule has 1 saturated heterocycles. The summed E-state index contributed by atoms with van der Waals surface area (Å²) in [5.41, 5.74) is -0.164. The molecule has 0 spiro atoms. The van der Waals surface area contributed by atoms with Crippen LogP contribution in [-0.2, 0) is 9.53 Å². The molecule has 0 aromatic rings. The first-order chi connectivity index (χ1) is 8.69. The molecule has 0 amide bonds. The highest BCUT2D eigenvalue weighted by Gasteiger charge is 2.48. The largest absolute Gasteiger partial charge is 0.466 e. The number of ether oxygens (including phenoxy) is 1. The van der Waals surface area contributed by atoms with Crippen LogP contribution in [0.4, 0.5) is 0 Å². The van der Waals surface area contributed by atoms with E-state index in [1.807, 2.05) is 6.92 Å². The summed E-state index contributed by atoms with van der Waals surface area (Å²) in [5.74, 6) is 0.656. The highest BCUT2D eigenvalue weighted by molar-refractivity contribution is 5.77. The summed E-state index contributed by atoms with van der Waals surface area (Å²) in [7, 11) is 2.15. The van der Waals surface area contributed by atoms with Crippen LogP contribution in [0.1, 0.15) is 51.9 Å². The van der Waals surface area contributed by atoms with Gasteiger partial charge in [0.05, 0.1) is 12.0 Å². The van der Waals surface area contributed by atoms with E-state index in [0.717, 1.165) is 25.9 Å². The first-order valence-electron chi connectivity index (χ1n) is 7.55. The van der Waals surface area contributed by atoms with Gasteiger partial charge in [0.15, 0.2) is 0 Å².